The summed E-state index contributed by atoms with van der Waals surface area (Å²) >= 11 is -2.24. The molecule has 0 aliphatic carbocycles. The van der Waals surface area contributed by atoms with Crippen molar-refractivity contribution in [3.63, 3.8) is 0 Å². The zero-order valence-corrected chi connectivity index (χ0v) is 12.6. The molecule has 0 bridgehead atoms. The molecule has 0 aliphatic rings. The molecule has 0 atom stereocenters. The molecule has 0 heterocycles. The van der Waals surface area contributed by atoms with Gasteiger partial charge in [-0.2, -0.15) is 0 Å². The summed E-state index contributed by atoms with van der Waals surface area (Å²) in [7, 11) is 0. The van der Waals surface area contributed by atoms with E-state index in [1.807, 2.05) is 0 Å². The summed E-state index contributed by atoms with van der Waals surface area (Å²) in [5.74, 6) is 0. The third-order valence-electron chi connectivity index (χ3n) is 0. The molecule has 0 saturated heterocycles. The molecule has 0 amide bonds. The van der Waals surface area contributed by atoms with Gasteiger partial charge in [-0.05, 0) is 0 Å². The van der Waals surface area contributed by atoms with E-state index in [1.54, 1.807) is 0 Å². The minimum Gasteiger partial charge on any atom is -1.00 e. The van der Waals surface area contributed by atoms with Crippen molar-refractivity contribution in [2.24, 2.45) is 0 Å². The second-order valence-electron chi connectivity index (χ2n) is 0.214. The van der Waals surface area contributed by atoms with Gasteiger partial charge < -0.3 is 24.0 Å². The number of hydrogen-bond acceptors (Lipinski definition) is 0. The maximum absolute atomic E-state index is 5.02. The maximum Gasteiger partial charge on any atom is 1.00 e. The summed E-state index contributed by atoms with van der Waals surface area (Å²) in [4.78, 5) is 0. The van der Waals surface area contributed by atoms with Crippen LogP contribution >= 0.6 is 16.9 Å². The first-order valence-corrected chi connectivity index (χ1v) is 12.4. The first-order valence-electron chi connectivity index (χ1n) is 0.567. The largest absolute Gasteiger partial charge is 1.00 e. The van der Waals surface area contributed by atoms with Crippen molar-refractivity contribution < 1.29 is 84.2 Å². The zero-order valence-electron chi connectivity index (χ0n) is 3.01. The van der Waals surface area contributed by atoms with E-state index < -0.39 is 30.7 Å². The molecule has 0 rings (SSSR count). The third-order valence-corrected chi connectivity index (χ3v) is 0. The van der Waals surface area contributed by atoms with Crippen LogP contribution in [0.3, 0.4) is 0 Å². The van der Waals surface area contributed by atoms with Gasteiger partial charge in [-0.1, -0.05) is 0 Å². The number of hydrogen-bond donors (Lipinski definition) is 0. The minimum absolute atomic E-state index is 0. The number of rotatable bonds is 0. The van der Waals surface area contributed by atoms with Crippen LogP contribution in [-0.2, 0) is 0 Å². The van der Waals surface area contributed by atoms with Crippen molar-refractivity contribution in [3.05, 3.63) is 0 Å². The van der Waals surface area contributed by atoms with Gasteiger partial charge in [0.25, 0.3) is 0 Å². The van der Waals surface area contributed by atoms with Crippen LogP contribution < -0.4 is 53.5 Å². The van der Waals surface area contributed by atoms with E-state index in [0.717, 1.165) is 0 Å². The van der Waals surface area contributed by atoms with Crippen LogP contribution in [0.5, 0.6) is 0 Å². The Kier molecular flexibility index (Phi) is 32.3. The van der Waals surface area contributed by atoms with Crippen LogP contribution in [0.1, 0.15) is 0 Å². The fraction of sp³-hybridized carbons (Fsp3) is 0. The SMILES string of the molecule is [Cl][Ce]([Cl])[Cl].[I-].[Na+]. The summed E-state index contributed by atoms with van der Waals surface area (Å²) in [6.45, 7) is 0. The Morgan fingerprint density at radius 2 is 1.00 bits per heavy atom. The van der Waals surface area contributed by atoms with Crippen LogP contribution in [0.4, 0.5) is 0 Å². The smallest absolute Gasteiger partial charge is 1.00 e. The Morgan fingerprint density at radius 1 is 1.00 bits per heavy atom. The Bertz CT molecular complexity index is 15.5. The third kappa shape index (κ3) is 24.6. The molecular formula is CeCl3INa. The summed E-state index contributed by atoms with van der Waals surface area (Å²) < 4.78 is 0. The van der Waals surface area contributed by atoms with Gasteiger partial charge in [-0.25, -0.2) is 0 Å². The van der Waals surface area contributed by atoms with Crippen LogP contribution in [0.25, 0.3) is 0 Å². The van der Waals surface area contributed by atoms with Gasteiger partial charge in [0.2, 0.25) is 0 Å². The predicted octanol–water partition coefficient (Wildman–Crippen LogP) is -3.92. The molecule has 0 nitrogen and oxygen atoms in total. The van der Waals surface area contributed by atoms with Gasteiger partial charge in [0.1, 0.15) is 0 Å². The second-order valence-corrected chi connectivity index (χ2v) is 14.0. The average Bonchev–Trinajstić information content (AvgIpc) is 0.811. The molecule has 6 heavy (non-hydrogen) atoms. The average molecular weight is 396 g/mol. The molecule has 0 aromatic carbocycles. The Labute approximate surface area is 97.9 Å². The molecule has 6 heteroatoms. The first-order chi connectivity index (χ1) is 1.73. The van der Waals surface area contributed by atoms with Gasteiger partial charge >= 0.3 is 77.1 Å². The van der Waals surface area contributed by atoms with E-state index in [4.69, 9.17) is 16.9 Å². The fourth-order valence-electron chi connectivity index (χ4n) is 0. The van der Waals surface area contributed by atoms with Gasteiger partial charge in [0.05, 0.1) is 0 Å². The molecule has 0 radical (unpaired) electrons. The van der Waals surface area contributed by atoms with E-state index in [-0.39, 0.29) is 53.5 Å². The van der Waals surface area contributed by atoms with E-state index in [0.29, 0.717) is 0 Å². The van der Waals surface area contributed by atoms with E-state index in [2.05, 4.69) is 0 Å². The fourth-order valence-corrected chi connectivity index (χ4v) is 0. The summed E-state index contributed by atoms with van der Waals surface area (Å²) in [5, 5.41) is 0. The van der Waals surface area contributed by atoms with Crippen molar-refractivity contribution in [1.29, 1.82) is 0 Å². The molecule has 0 unspecified atom stereocenters. The van der Waals surface area contributed by atoms with E-state index in [9.17, 15) is 0 Å². The normalized spacial score (nSPS) is 4.50. The van der Waals surface area contributed by atoms with Gasteiger partial charge in [0, 0.05) is 0 Å². The zero-order chi connectivity index (χ0) is 3.58. The molecule has 0 aromatic rings. The summed E-state index contributed by atoms with van der Waals surface area (Å²) in [6.07, 6.45) is 0. The minimum atomic E-state index is -2.24. The van der Waals surface area contributed by atoms with Crippen LogP contribution in [0.15, 0.2) is 0 Å². The molecular weight excluding hydrogens is 396 g/mol. The maximum atomic E-state index is 5.02. The van der Waals surface area contributed by atoms with Gasteiger partial charge in [0.15, 0.2) is 0 Å². The molecule has 0 aliphatic heterocycles. The van der Waals surface area contributed by atoms with Crippen molar-refractivity contribution in [3.8, 4) is 0 Å². The summed E-state index contributed by atoms with van der Waals surface area (Å²) in [6, 6.07) is 0. The van der Waals surface area contributed by atoms with Crippen molar-refractivity contribution >= 4 is 16.9 Å². The van der Waals surface area contributed by atoms with Crippen molar-refractivity contribution in [2.45, 2.75) is 0 Å². The monoisotopic (exact) mass is 395 g/mol. The van der Waals surface area contributed by atoms with Crippen LogP contribution in [-0.4, -0.2) is 0 Å². The Morgan fingerprint density at radius 3 is 1.00 bits per heavy atom. The second kappa shape index (κ2) is 11.7. The predicted molar refractivity (Wildman–Crippen MR) is 17.6 cm³/mol. The van der Waals surface area contributed by atoms with Crippen molar-refractivity contribution in [1.82, 2.24) is 0 Å². The Hall–Kier alpha value is 3.98. The van der Waals surface area contributed by atoms with Gasteiger partial charge in [-0.3, -0.25) is 0 Å². The molecule has 0 spiro atoms. The molecule has 33 valence electrons. The first kappa shape index (κ1) is 16.5. The Balaban J connectivity index is -0.0000000450. The van der Waals surface area contributed by atoms with E-state index in [1.165, 1.54) is 0 Å². The van der Waals surface area contributed by atoms with Crippen LogP contribution in [0.2, 0.25) is 0 Å². The van der Waals surface area contributed by atoms with Crippen molar-refractivity contribution in [2.75, 3.05) is 0 Å². The van der Waals surface area contributed by atoms with Crippen LogP contribution in [0, 0.1) is 30.7 Å². The topological polar surface area (TPSA) is 0 Å². The number of halogens is 4. The molecule has 0 aromatic heterocycles. The van der Waals surface area contributed by atoms with Gasteiger partial charge in [-0.15, -0.1) is 0 Å². The molecule has 0 N–H and O–H groups in total. The molecule has 0 saturated carbocycles. The molecule has 0 fully saturated rings. The summed E-state index contributed by atoms with van der Waals surface area (Å²) in [5.41, 5.74) is 15.1. The van der Waals surface area contributed by atoms with E-state index >= 15 is 0 Å². The quantitative estimate of drug-likeness (QED) is 0.290. The standard InChI is InChI=1S/Ce.3ClH.HI.Na/h;4*1H;/q+3;;;;;+1/p-4.